The lowest BCUT2D eigenvalue weighted by atomic mass is 9.70. The smallest absolute Gasteiger partial charge is 0.0972 e. The van der Waals surface area contributed by atoms with Gasteiger partial charge < -0.3 is 0 Å². The zero-order chi connectivity index (χ0) is 47.1. The van der Waals surface area contributed by atoms with E-state index in [4.69, 9.17) is 9.97 Å². The van der Waals surface area contributed by atoms with Gasteiger partial charge >= 0.3 is 0 Å². The van der Waals surface area contributed by atoms with Crippen molar-refractivity contribution in [2.75, 3.05) is 0 Å². The number of unbranched alkanes of at least 4 members (excludes halogenated alkanes) is 26. The Bertz CT molecular complexity index is 2460. The molecule has 0 saturated heterocycles. The van der Waals surface area contributed by atoms with E-state index < -0.39 is 0 Å². The van der Waals surface area contributed by atoms with Crippen LogP contribution in [-0.2, 0) is 5.41 Å². The minimum atomic E-state index is -0.0602. The van der Waals surface area contributed by atoms with Crippen LogP contribution in [0.15, 0.2) is 108 Å². The van der Waals surface area contributed by atoms with Gasteiger partial charge in [0.1, 0.15) is 0 Å². The third-order valence-corrected chi connectivity index (χ3v) is 15.7. The molecular weight excluding hydrogens is 889 g/mol. The van der Waals surface area contributed by atoms with Gasteiger partial charge in [-0.05, 0) is 89.7 Å². The van der Waals surface area contributed by atoms with Gasteiger partial charge in [-0.1, -0.05) is 264 Å². The number of aromatic nitrogens is 2. The van der Waals surface area contributed by atoms with Crippen molar-refractivity contribution in [1.29, 1.82) is 0 Å². The molecule has 0 amide bonds. The molecule has 2 nitrogen and oxygen atoms in total. The minimum Gasteiger partial charge on any atom is -0.254 e. The maximum absolute atomic E-state index is 5.37. The summed E-state index contributed by atoms with van der Waals surface area (Å²) in [5.74, 6) is 7.10. The topological polar surface area (TPSA) is 25.8 Å². The molecule has 0 aliphatic heterocycles. The average molecular weight is 972 g/mol. The lowest BCUT2D eigenvalue weighted by molar-refractivity contribution is 0.397. The number of hydrogen-bond acceptors (Lipinski definition) is 2. The molecule has 360 valence electrons. The molecule has 4 aromatic carbocycles. The van der Waals surface area contributed by atoms with Gasteiger partial charge in [-0.25, -0.2) is 4.98 Å². The number of nitrogens with zero attached hydrogens (tertiary/aromatic N) is 2. The van der Waals surface area contributed by atoms with Crippen LogP contribution in [0.1, 0.15) is 229 Å². The van der Waals surface area contributed by atoms with Crippen LogP contribution in [0.5, 0.6) is 0 Å². The Morgan fingerprint density at radius 2 is 0.868 bits per heavy atom. The second-order valence-electron chi connectivity index (χ2n) is 20.5. The Kier molecular flexibility index (Phi) is 21.6. The highest BCUT2D eigenvalue weighted by atomic mass is 79.9. The number of halogens is 1. The summed E-state index contributed by atoms with van der Waals surface area (Å²) in [4.78, 5) is 10.2. The number of rotatable bonds is 31. The molecule has 3 heteroatoms. The van der Waals surface area contributed by atoms with Gasteiger partial charge in [0, 0.05) is 43.5 Å². The first-order valence-electron chi connectivity index (χ1n) is 27.8. The van der Waals surface area contributed by atoms with Crippen molar-refractivity contribution < 1.29 is 0 Å². The van der Waals surface area contributed by atoms with Crippen LogP contribution in [0.4, 0.5) is 0 Å². The van der Waals surface area contributed by atoms with E-state index in [-0.39, 0.29) is 5.41 Å². The van der Waals surface area contributed by atoms with Crippen molar-refractivity contribution in [3.8, 4) is 34.2 Å². The van der Waals surface area contributed by atoms with Gasteiger partial charge in [0.2, 0.25) is 0 Å². The van der Waals surface area contributed by atoms with E-state index in [2.05, 4.69) is 133 Å². The lowest BCUT2D eigenvalue weighted by Gasteiger charge is -2.33. The molecule has 2 aromatic heterocycles. The van der Waals surface area contributed by atoms with Gasteiger partial charge in [0.25, 0.3) is 0 Å². The summed E-state index contributed by atoms with van der Waals surface area (Å²) in [6.07, 6.45) is 43.0. The molecule has 0 bridgehead atoms. The largest absolute Gasteiger partial charge is 0.254 e. The first-order valence-corrected chi connectivity index (χ1v) is 28.6. The molecule has 7 rings (SSSR count). The third kappa shape index (κ3) is 14.9. The van der Waals surface area contributed by atoms with E-state index in [1.165, 1.54) is 220 Å². The van der Waals surface area contributed by atoms with Crippen molar-refractivity contribution >= 4 is 37.7 Å². The quantitative estimate of drug-likeness (QED) is 0.0246. The van der Waals surface area contributed by atoms with Gasteiger partial charge in [-0.2, -0.15) is 0 Å². The summed E-state index contributed by atoms with van der Waals surface area (Å²) < 4.78 is 1.08. The Morgan fingerprint density at radius 1 is 0.426 bits per heavy atom. The Hall–Kier alpha value is -4.26. The van der Waals surface area contributed by atoms with E-state index >= 15 is 0 Å². The van der Waals surface area contributed by atoms with Crippen LogP contribution in [0.3, 0.4) is 0 Å². The van der Waals surface area contributed by atoms with Gasteiger partial charge in [0.05, 0.1) is 16.7 Å². The van der Waals surface area contributed by atoms with Crippen molar-refractivity contribution in [3.05, 3.63) is 130 Å². The minimum absolute atomic E-state index is 0.0602. The van der Waals surface area contributed by atoms with Gasteiger partial charge in [0.15, 0.2) is 0 Å². The predicted octanol–water partition coefficient (Wildman–Crippen LogP) is 20.6. The molecule has 0 atom stereocenters. The first kappa shape index (κ1) is 51.6. The average Bonchev–Trinajstić information content (AvgIpc) is 3.63. The SMILES string of the molecule is CCCCCCCCCCCCCCCCC1(CCCCCCCCCCCCCCCC)c2cc(C#Cc3ccc(Br)cc3)ccc2-c2ccc(-c3ccc4ccc5cccnc5c4n3)cc21. The highest BCUT2D eigenvalue weighted by molar-refractivity contribution is 9.10. The predicted molar refractivity (Wildman–Crippen MR) is 299 cm³/mol. The Morgan fingerprint density at radius 3 is 1.41 bits per heavy atom. The standard InChI is InChI=1S/C65H83BrN2/c1-3-5-7-9-11-13-15-17-19-21-23-25-27-29-47-65(48-30-28-26-24-22-20-18-16-14-12-10-8-6-4-2)60-50-53(34-33-52-35-42-57(66)43-36-52)37-44-58(60)59-45-40-56(51-61(59)65)62-46-41-55-39-38-54-32-31-49-67-63(54)64(55)68-62/h31-32,35-46,49-51H,3-30,47-48H2,1-2H3. The molecule has 0 radical (unpaired) electrons. The van der Waals surface area contributed by atoms with Crippen LogP contribution in [0.2, 0.25) is 0 Å². The highest BCUT2D eigenvalue weighted by Gasteiger charge is 2.42. The van der Waals surface area contributed by atoms with Crippen molar-refractivity contribution in [2.24, 2.45) is 0 Å². The van der Waals surface area contributed by atoms with Gasteiger partial charge in [-0.15, -0.1) is 0 Å². The van der Waals surface area contributed by atoms with Gasteiger partial charge in [-0.3, -0.25) is 4.98 Å². The monoisotopic (exact) mass is 971 g/mol. The molecule has 0 saturated carbocycles. The normalized spacial score (nSPS) is 12.6. The number of fused-ring (bicyclic) bond motifs is 6. The molecule has 6 aromatic rings. The summed E-state index contributed by atoms with van der Waals surface area (Å²) in [7, 11) is 0. The summed E-state index contributed by atoms with van der Waals surface area (Å²) in [5, 5.41) is 2.27. The van der Waals surface area contributed by atoms with E-state index in [0.717, 1.165) is 43.1 Å². The summed E-state index contributed by atoms with van der Waals surface area (Å²) in [6, 6.07) is 35.8. The van der Waals surface area contributed by atoms with E-state index in [9.17, 15) is 0 Å². The number of benzene rings is 4. The number of hydrogen-bond donors (Lipinski definition) is 0. The molecule has 0 fully saturated rings. The van der Waals surface area contributed by atoms with Crippen LogP contribution < -0.4 is 0 Å². The molecule has 0 N–H and O–H groups in total. The van der Waals surface area contributed by atoms with E-state index in [1.807, 2.05) is 12.3 Å². The second kappa shape index (κ2) is 28.4. The van der Waals surface area contributed by atoms with E-state index in [0.29, 0.717) is 0 Å². The summed E-state index contributed by atoms with van der Waals surface area (Å²) in [5.41, 5.74) is 12.1. The molecule has 0 unspecified atom stereocenters. The molecule has 2 heterocycles. The fourth-order valence-corrected chi connectivity index (χ4v) is 11.5. The summed E-state index contributed by atoms with van der Waals surface area (Å²) in [6.45, 7) is 4.62. The van der Waals surface area contributed by atoms with Crippen LogP contribution in [0, 0.1) is 11.8 Å². The van der Waals surface area contributed by atoms with Crippen LogP contribution >= 0.6 is 15.9 Å². The van der Waals surface area contributed by atoms with Crippen LogP contribution in [-0.4, -0.2) is 9.97 Å². The first-order chi connectivity index (χ1) is 33.6. The van der Waals surface area contributed by atoms with Crippen molar-refractivity contribution in [2.45, 2.75) is 212 Å². The molecule has 0 spiro atoms. The zero-order valence-electron chi connectivity index (χ0n) is 42.3. The third-order valence-electron chi connectivity index (χ3n) is 15.2. The molecular formula is C65H83BrN2. The second-order valence-corrected chi connectivity index (χ2v) is 21.4. The fourth-order valence-electron chi connectivity index (χ4n) is 11.2. The maximum Gasteiger partial charge on any atom is 0.0972 e. The fraction of sp³-hybridized carbons (Fsp3) is 0.508. The van der Waals surface area contributed by atoms with Crippen molar-refractivity contribution in [3.63, 3.8) is 0 Å². The Labute approximate surface area is 421 Å². The molecule has 1 aliphatic rings. The van der Waals surface area contributed by atoms with Crippen molar-refractivity contribution in [1.82, 2.24) is 9.97 Å². The highest BCUT2D eigenvalue weighted by Crippen LogP contribution is 2.55. The summed E-state index contributed by atoms with van der Waals surface area (Å²) >= 11 is 3.60. The molecule has 68 heavy (non-hydrogen) atoms. The van der Waals surface area contributed by atoms with Crippen LogP contribution in [0.25, 0.3) is 44.2 Å². The zero-order valence-corrected chi connectivity index (χ0v) is 43.9. The Balaban J connectivity index is 1.09. The van der Waals surface area contributed by atoms with E-state index in [1.54, 1.807) is 0 Å². The number of pyridine rings is 2. The maximum atomic E-state index is 5.37. The molecule has 1 aliphatic carbocycles. The lowest BCUT2D eigenvalue weighted by Crippen LogP contribution is -2.25.